The van der Waals surface area contributed by atoms with Crippen LogP contribution in [0.4, 0.5) is 34.1 Å². The summed E-state index contributed by atoms with van der Waals surface area (Å²) < 4.78 is 0. The normalized spacial score (nSPS) is 12.4. The summed E-state index contributed by atoms with van der Waals surface area (Å²) in [6.07, 6.45) is 0. The van der Waals surface area contributed by atoms with Crippen molar-refractivity contribution < 1.29 is 0 Å². The lowest BCUT2D eigenvalue weighted by molar-refractivity contribution is 1.21. The molecule has 0 bridgehead atoms. The summed E-state index contributed by atoms with van der Waals surface area (Å²) in [5, 5.41) is 10.7. The average Bonchev–Trinajstić information content (AvgIpc) is 0.738. The Hall–Kier alpha value is -11.7. The van der Waals surface area contributed by atoms with Gasteiger partial charge in [-0.05, 0) is 177 Å². The second-order valence-corrected chi connectivity index (χ2v) is 23.6. The molecule has 0 N–H and O–H groups in total. The summed E-state index contributed by atoms with van der Waals surface area (Å²) in [6, 6.07) is 118. The fourth-order valence-electron chi connectivity index (χ4n) is 14.3. The van der Waals surface area contributed by atoms with E-state index in [0.717, 1.165) is 95.2 Å². The largest absolute Gasteiger partial charge is 0.311 e. The van der Waals surface area contributed by atoms with E-state index in [1.54, 1.807) is 0 Å². The predicted octanol–water partition coefficient (Wildman–Crippen LogP) is 20.3. The maximum Gasteiger partial charge on any atom is 0.252 e. The summed E-state index contributed by atoms with van der Waals surface area (Å²) in [6.45, 7) is -0.171. The van der Waals surface area contributed by atoms with Crippen molar-refractivity contribution in [3.63, 3.8) is 0 Å². The summed E-state index contributed by atoms with van der Waals surface area (Å²) in [5.74, 6) is 0.644. The molecule has 0 aliphatic carbocycles. The third-order valence-electron chi connectivity index (χ3n) is 18.5. The van der Waals surface area contributed by atoms with Gasteiger partial charge in [-0.15, -0.1) is 0 Å². The van der Waals surface area contributed by atoms with Gasteiger partial charge in [-0.2, -0.15) is 0 Å². The van der Waals surface area contributed by atoms with Crippen LogP contribution in [-0.4, -0.2) is 16.7 Å². The van der Waals surface area contributed by atoms with E-state index in [0.29, 0.717) is 5.82 Å². The molecular weight excluding hydrogens is 1080 g/mol. The van der Waals surface area contributed by atoms with E-state index in [1.165, 1.54) is 70.6 Å². The molecule has 18 rings (SSSR count). The second kappa shape index (κ2) is 20.5. The number of rotatable bonds is 8. The number of benzene rings is 15. The maximum absolute atomic E-state index is 5.85. The lowest BCUT2D eigenvalue weighted by Gasteiger charge is -2.44. The molecule has 0 radical (unpaired) electrons. The molecule has 5 heteroatoms. The predicted molar refractivity (Wildman–Crippen MR) is 376 cm³/mol. The molecule has 0 spiro atoms. The highest BCUT2D eigenvalue weighted by atomic mass is 15.2. The summed E-state index contributed by atoms with van der Waals surface area (Å²) in [7, 11) is 0. The monoisotopic (exact) mass is 1130 g/mol. The number of aromatic nitrogens is 2. The molecule has 16 aromatic rings. The van der Waals surface area contributed by atoms with E-state index < -0.39 is 0 Å². The summed E-state index contributed by atoms with van der Waals surface area (Å²) in [4.78, 5) is 16.6. The van der Waals surface area contributed by atoms with Crippen LogP contribution in [0.5, 0.6) is 0 Å². The molecule has 89 heavy (non-hydrogen) atoms. The molecule has 412 valence electrons. The summed E-state index contributed by atoms with van der Waals surface area (Å²) in [5.41, 5.74) is 23.1. The molecule has 1 aromatic heterocycles. The molecule has 2 aliphatic rings. The molecule has 2 aliphatic heterocycles. The molecule has 0 atom stereocenters. The molecule has 4 nitrogen and oxygen atoms in total. The minimum absolute atomic E-state index is 0.171. The SMILES string of the molecule is c1ccc(-c2ccc(N3c4cc5c(ccc6ccccc65)cc4B4c5cc6ccc7ccccc7c6cc5N(c5ccc(-c6ccccc6)cc5)c5cc(-c6nc(-c7cc(-c8ccccc8)cc(-c8ccccc8)c7)c7ccccc7n6)cc3c54)cc2)cc1. The lowest BCUT2D eigenvalue weighted by Crippen LogP contribution is -2.61. The van der Waals surface area contributed by atoms with Crippen LogP contribution in [0.3, 0.4) is 0 Å². The van der Waals surface area contributed by atoms with Gasteiger partial charge in [0.1, 0.15) is 0 Å². The third kappa shape index (κ3) is 8.46. The Morgan fingerprint density at radius 3 is 1.09 bits per heavy atom. The zero-order chi connectivity index (χ0) is 58.5. The maximum atomic E-state index is 5.85. The van der Waals surface area contributed by atoms with Crippen molar-refractivity contribution in [1.82, 2.24) is 9.97 Å². The van der Waals surface area contributed by atoms with Crippen molar-refractivity contribution in [2.75, 3.05) is 9.80 Å². The van der Waals surface area contributed by atoms with Crippen LogP contribution in [-0.2, 0) is 0 Å². The second-order valence-electron chi connectivity index (χ2n) is 23.6. The summed E-state index contributed by atoms with van der Waals surface area (Å²) >= 11 is 0. The highest BCUT2D eigenvalue weighted by Gasteiger charge is 2.44. The Balaban J connectivity index is 0.952. The zero-order valence-electron chi connectivity index (χ0n) is 48.5. The lowest BCUT2D eigenvalue weighted by atomic mass is 9.33. The Morgan fingerprint density at radius 1 is 0.236 bits per heavy atom. The van der Waals surface area contributed by atoms with Crippen LogP contribution in [0, 0.1) is 0 Å². The van der Waals surface area contributed by atoms with Crippen molar-refractivity contribution in [1.29, 1.82) is 0 Å². The molecule has 0 fully saturated rings. The Kier molecular flexibility index (Phi) is 11.7. The number of hydrogen-bond donors (Lipinski definition) is 0. The number of fused-ring (bicyclic) bond motifs is 11. The first-order chi connectivity index (χ1) is 44.1. The average molecular weight is 1130 g/mol. The van der Waals surface area contributed by atoms with Crippen LogP contribution in [0.25, 0.3) is 121 Å². The number of anilines is 6. The van der Waals surface area contributed by atoms with E-state index in [2.05, 4.69) is 331 Å². The fourth-order valence-corrected chi connectivity index (χ4v) is 14.3. The third-order valence-corrected chi connectivity index (χ3v) is 18.5. The van der Waals surface area contributed by atoms with E-state index in [9.17, 15) is 0 Å². The van der Waals surface area contributed by atoms with Crippen LogP contribution < -0.4 is 26.2 Å². The van der Waals surface area contributed by atoms with Crippen molar-refractivity contribution in [2.24, 2.45) is 0 Å². The van der Waals surface area contributed by atoms with Gasteiger partial charge in [0.05, 0.1) is 11.2 Å². The number of nitrogens with zero attached hydrogens (tertiary/aromatic N) is 4. The van der Waals surface area contributed by atoms with Crippen LogP contribution in [0.2, 0.25) is 0 Å². The van der Waals surface area contributed by atoms with Crippen molar-refractivity contribution >= 4 is 111 Å². The number of hydrogen-bond acceptors (Lipinski definition) is 4. The standard InChI is InChI=1S/C84H53BN4/c1-5-19-54(20-6-1)58-37-41-68(42-38-58)88-78-52-73-62(35-33-60-27-13-15-29-70(60)73)48-75(78)85-76-49-63-36-34-61-28-14-16-30-71(61)74(63)53-79(76)89(69-43-39-59(40-44-69)55-21-7-2-8-22-55)81-51-67(50-80(88)82(81)85)84-86-77-32-18-17-31-72(77)83(87-84)66-46-64(56-23-9-3-10-24-56)45-65(47-66)57-25-11-4-12-26-57/h1-53H. The van der Waals surface area contributed by atoms with E-state index in [1.807, 2.05) is 0 Å². The van der Waals surface area contributed by atoms with Crippen molar-refractivity contribution in [3.05, 3.63) is 322 Å². The van der Waals surface area contributed by atoms with E-state index in [-0.39, 0.29) is 6.71 Å². The highest BCUT2D eigenvalue weighted by molar-refractivity contribution is 7.00. The molecule has 3 heterocycles. The van der Waals surface area contributed by atoms with Gasteiger partial charge in [-0.3, -0.25) is 0 Å². The van der Waals surface area contributed by atoms with Crippen LogP contribution >= 0.6 is 0 Å². The van der Waals surface area contributed by atoms with Gasteiger partial charge in [0, 0.05) is 50.6 Å². The molecule has 0 unspecified atom stereocenters. The first-order valence-corrected chi connectivity index (χ1v) is 30.6. The molecule has 0 saturated carbocycles. The Labute approximate surface area is 516 Å². The van der Waals surface area contributed by atoms with Gasteiger partial charge >= 0.3 is 0 Å². The molecule has 15 aromatic carbocycles. The van der Waals surface area contributed by atoms with Crippen molar-refractivity contribution in [3.8, 4) is 67.2 Å². The highest BCUT2D eigenvalue weighted by Crippen LogP contribution is 2.49. The van der Waals surface area contributed by atoms with Gasteiger partial charge in [0.2, 0.25) is 0 Å². The van der Waals surface area contributed by atoms with E-state index >= 15 is 0 Å². The molecule has 0 amide bonds. The van der Waals surface area contributed by atoms with Gasteiger partial charge in [-0.25, -0.2) is 9.97 Å². The van der Waals surface area contributed by atoms with Crippen LogP contribution in [0.15, 0.2) is 322 Å². The molecule has 0 saturated heterocycles. The van der Waals surface area contributed by atoms with Crippen molar-refractivity contribution in [2.45, 2.75) is 0 Å². The first kappa shape index (κ1) is 50.6. The first-order valence-electron chi connectivity index (χ1n) is 30.6. The van der Waals surface area contributed by atoms with Gasteiger partial charge < -0.3 is 9.80 Å². The van der Waals surface area contributed by atoms with Gasteiger partial charge in [0.15, 0.2) is 5.82 Å². The smallest absolute Gasteiger partial charge is 0.252 e. The van der Waals surface area contributed by atoms with E-state index in [4.69, 9.17) is 9.97 Å². The minimum atomic E-state index is -0.171. The van der Waals surface area contributed by atoms with Crippen LogP contribution in [0.1, 0.15) is 0 Å². The topological polar surface area (TPSA) is 32.3 Å². The minimum Gasteiger partial charge on any atom is -0.311 e. The quantitative estimate of drug-likeness (QED) is 0.112. The van der Waals surface area contributed by atoms with Gasteiger partial charge in [-0.1, -0.05) is 249 Å². The fraction of sp³-hybridized carbons (Fsp3) is 0. The zero-order valence-corrected chi connectivity index (χ0v) is 48.5. The molecular formula is C84H53BN4. The number of para-hydroxylation sites is 1. The van der Waals surface area contributed by atoms with Gasteiger partial charge in [0.25, 0.3) is 6.71 Å². The Morgan fingerprint density at radius 2 is 0.618 bits per heavy atom. The Bertz CT molecular complexity index is 5190.